The predicted molar refractivity (Wildman–Crippen MR) is 67.8 cm³/mol. The molecule has 1 heterocycles. The summed E-state index contributed by atoms with van der Waals surface area (Å²) in [7, 11) is 1.59. The topological polar surface area (TPSA) is 12.5 Å². The van der Waals surface area contributed by atoms with E-state index in [0.29, 0.717) is 5.70 Å². The maximum Gasteiger partial charge on any atom is 0.263 e. The van der Waals surface area contributed by atoms with Crippen LogP contribution >= 0.6 is 0 Å². The second kappa shape index (κ2) is 5.04. The first-order valence-corrected chi connectivity index (χ1v) is 5.42. The molecule has 94 valence electrons. The lowest BCUT2D eigenvalue weighted by molar-refractivity contribution is 0.194. The minimum absolute atomic E-state index is 0.0234. The number of halogens is 2. The van der Waals surface area contributed by atoms with Crippen LogP contribution in [0.4, 0.5) is 14.5 Å². The Labute approximate surface area is 104 Å². The highest BCUT2D eigenvalue weighted by atomic mass is 19.3. The zero-order chi connectivity index (χ0) is 13.1. The summed E-state index contributed by atoms with van der Waals surface area (Å²) in [6, 6.07) is 7.30. The average Bonchev–Trinajstić information content (AvgIpc) is 2.38. The third-order valence-corrected chi connectivity index (χ3v) is 2.66. The molecule has 0 saturated heterocycles. The smallest absolute Gasteiger partial charge is 0.263 e. The van der Waals surface area contributed by atoms with E-state index in [-0.39, 0.29) is 5.57 Å². The summed E-state index contributed by atoms with van der Waals surface area (Å²) in [6.07, 6.45) is 1.89. The summed E-state index contributed by atoms with van der Waals surface area (Å²) in [4.78, 5) is 1.74. The van der Waals surface area contributed by atoms with Gasteiger partial charge in [-0.3, -0.25) is 0 Å². The predicted octanol–water partition coefficient (Wildman–Crippen LogP) is 3.73. The molecule has 0 aliphatic carbocycles. The van der Waals surface area contributed by atoms with Crippen molar-refractivity contribution < 1.29 is 13.5 Å². The quantitative estimate of drug-likeness (QED) is 0.809. The van der Waals surface area contributed by atoms with Crippen LogP contribution in [0.1, 0.15) is 0 Å². The van der Waals surface area contributed by atoms with E-state index in [1.54, 1.807) is 18.2 Å². The molecule has 0 radical (unpaired) electrons. The van der Waals surface area contributed by atoms with Crippen molar-refractivity contribution in [2.75, 3.05) is 12.0 Å². The summed E-state index contributed by atoms with van der Waals surface area (Å²) >= 11 is 0. The molecule has 2 rings (SSSR count). The Balaban J connectivity index is 2.21. The third kappa shape index (κ3) is 2.42. The Hall–Kier alpha value is -2.10. The van der Waals surface area contributed by atoms with Gasteiger partial charge in [0.05, 0.1) is 7.11 Å². The largest absolute Gasteiger partial charge is 0.497 e. The van der Waals surface area contributed by atoms with Gasteiger partial charge in [0.1, 0.15) is 5.75 Å². The van der Waals surface area contributed by atoms with Gasteiger partial charge < -0.3 is 9.64 Å². The monoisotopic (exact) mass is 249 g/mol. The molecule has 0 atom stereocenters. The fourth-order valence-electron chi connectivity index (χ4n) is 1.70. The Kier molecular flexibility index (Phi) is 3.46. The molecular formula is C14H13F2NO. The fraction of sp³-hybridized carbons (Fsp3) is 0.143. The zero-order valence-electron chi connectivity index (χ0n) is 9.94. The fourth-order valence-corrected chi connectivity index (χ4v) is 1.70. The van der Waals surface area contributed by atoms with E-state index in [9.17, 15) is 8.78 Å². The normalized spacial score (nSPS) is 15.0. The van der Waals surface area contributed by atoms with E-state index >= 15 is 0 Å². The highest BCUT2D eigenvalue weighted by Gasteiger charge is 2.16. The maximum absolute atomic E-state index is 12.5. The zero-order valence-corrected chi connectivity index (χ0v) is 9.94. The van der Waals surface area contributed by atoms with Crippen molar-refractivity contribution in [3.8, 4) is 5.75 Å². The van der Waals surface area contributed by atoms with Crippen LogP contribution in [0.2, 0.25) is 0 Å². The van der Waals surface area contributed by atoms with E-state index in [1.807, 2.05) is 24.3 Å². The van der Waals surface area contributed by atoms with Gasteiger partial charge in [0, 0.05) is 23.2 Å². The highest BCUT2D eigenvalue weighted by Crippen LogP contribution is 2.27. The number of ether oxygens (including phenoxy) is 1. The SMILES string of the molecule is C=C1C=C(C(F)F)C=CN1c1ccc(OC)cc1. The molecular weight excluding hydrogens is 236 g/mol. The first-order valence-electron chi connectivity index (χ1n) is 5.42. The maximum atomic E-state index is 12.5. The van der Waals surface area contributed by atoms with Crippen molar-refractivity contribution >= 4 is 5.69 Å². The van der Waals surface area contributed by atoms with Crippen molar-refractivity contribution in [2.24, 2.45) is 0 Å². The van der Waals surface area contributed by atoms with E-state index in [4.69, 9.17) is 4.74 Å². The van der Waals surface area contributed by atoms with Crippen LogP contribution in [-0.4, -0.2) is 13.5 Å². The Morgan fingerprint density at radius 1 is 1.22 bits per heavy atom. The van der Waals surface area contributed by atoms with Crippen LogP contribution in [-0.2, 0) is 0 Å². The summed E-state index contributed by atoms with van der Waals surface area (Å²) in [5.41, 5.74) is 1.34. The van der Waals surface area contributed by atoms with Gasteiger partial charge in [-0.25, -0.2) is 8.78 Å². The summed E-state index contributed by atoms with van der Waals surface area (Å²) in [5, 5.41) is 0. The molecule has 1 aromatic rings. The van der Waals surface area contributed by atoms with Gasteiger partial charge in [-0.2, -0.15) is 0 Å². The second-order valence-electron chi connectivity index (χ2n) is 3.82. The lowest BCUT2D eigenvalue weighted by Gasteiger charge is -2.24. The number of hydrogen-bond donors (Lipinski definition) is 0. The van der Waals surface area contributed by atoms with Crippen molar-refractivity contribution in [1.82, 2.24) is 0 Å². The van der Waals surface area contributed by atoms with Gasteiger partial charge in [-0.05, 0) is 36.4 Å². The van der Waals surface area contributed by atoms with Crippen molar-refractivity contribution in [2.45, 2.75) is 6.43 Å². The molecule has 0 amide bonds. The standard InChI is InChI=1S/C14H13F2NO/c1-10-9-11(14(15)16)7-8-17(10)12-3-5-13(18-2)6-4-12/h3-9,14H,1H2,2H3. The molecule has 0 unspecified atom stereocenters. The molecule has 0 saturated carbocycles. The first kappa shape index (κ1) is 12.4. The molecule has 1 aliphatic heterocycles. The van der Waals surface area contributed by atoms with Crippen LogP contribution in [0.5, 0.6) is 5.75 Å². The molecule has 1 aliphatic rings. The third-order valence-electron chi connectivity index (χ3n) is 2.66. The van der Waals surface area contributed by atoms with Crippen molar-refractivity contribution in [3.63, 3.8) is 0 Å². The van der Waals surface area contributed by atoms with Gasteiger partial charge in [0.2, 0.25) is 0 Å². The number of alkyl halides is 2. The van der Waals surface area contributed by atoms with Crippen molar-refractivity contribution in [3.05, 3.63) is 60.5 Å². The van der Waals surface area contributed by atoms with Crippen molar-refractivity contribution in [1.29, 1.82) is 0 Å². The average molecular weight is 249 g/mol. The van der Waals surface area contributed by atoms with E-state index in [2.05, 4.69) is 6.58 Å². The van der Waals surface area contributed by atoms with E-state index in [1.165, 1.54) is 12.2 Å². The van der Waals surface area contributed by atoms with E-state index < -0.39 is 6.43 Å². The Morgan fingerprint density at radius 3 is 2.39 bits per heavy atom. The molecule has 0 aromatic heterocycles. The van der Waals surface area contributed by atoms with Gasteiger partial charge in [0.15, 0.2) is 0 Å². The lowest BCUT2D eigenvalue weighted by atomic mass is 10.1. The molecule has 18 heavy (non-hydrogen) atoms. The minimum atomic E-state index is -2.48. The Bertz CT molecular complexity index is 503. The number of nitrogens with zero attached hydrogens (tertiary/aromatic N) is 1. The van der Waals surface area contributed by atoms with Crippen LogP contribution in [0.3, 0.4) is 0 Å². The number of hydrogen-bond acceptors (Lipinski definition) is 2. The molecule has 0 fully saturated rings. The number of allylic oxidation sites excluding steroid dienone is 3. The Morgan fingerprint density at radius 2 is 1.89 bits per heavy atom. The second-order valence-corrected chi connectivity index (χ2v) is 3.82. The molecule has 0 spiro atoms. The highest BCUT2D eigenvalue weighted by molar-refractivity contribution is 5.61. The number of rotatable bonds is 3. The minimum Gasteiger partial charge on any atom is -0.497 e. The molecule has 0 bridgehead atoms. The lowest BCUT2D eigenvalue weighted by Crippen LogP contribution is -2.17. The number of benzene rings is 1. The van der Waals surface area contributed by atoms with Gasteiger partial charge in [0.25, 0.3) is 6.43 Å². The molecule has 1 aromatic carbocycles. The van der Waals surface area contributed by atoms with E-state index in [0.717, 1.165) is 11.4 Å². The molecule has 0 N–H and O–H groups in total. The molecule has 4 heteroatoms. The van der Waals surface area contributed by atoms with Crippen LogP contribution in [0, 0.1) is 0 Å². The summed E-state index contributed by atoms with van der Waals surface area (Å²) in [6.45, 7) is 3.78. The number of anilines is 1. The molecule has 2 nitrogen and oxygen atoms in total. The van der Waals surface area contributed by atoms with Crippen LogP contribution in [0.25, 0.3) is 0 Å². The van der Waals surface area contributed by atoms with Gasteiger partial charge in [-0.1, -0.05) is 6.58 Å². The summed E-state index contributed by atoms with van der Waals surface area (Å²) < 4.78 is 30.1. The van der Waals surface area contributed by atoms with Gasteiger partial charge in [-0.15, -0.1) is 0 Å². The van der Waals surface area contributed by atoms with Crippen LogP contribution in [0.15, 0.2) is 60.5 Å². The van der Waals surface area contributed by atoms with Gasteiger partial charge >= 0.3 is 0 Å². The van der Waals surface area contributed by atoms with Crippen LogP contribution < -0.4 is 9.64 Å². The first-order chi connectivity index (χ1) is 8.61. The summed E-state index contributed by atoms with van der Waals surface area (Å²) in [5.74, 6) is 0.745. The number of methoxy groups -OCH3 is 1.